The number of phenolic OH excluding ortho intramolecular Hbond substituents is 1. The molecule has 0 radical (unpaired) electrons. The number of allylic oxidation sites excluding steroid dienone is 2. The van der Waals surface area contributed by atoms with E-state index in [-0.39, 0.29) is 5.75 Å². The Morgan fingerprint density at radius 3 is 2.89 bits per heavy atom. The molecule has 1 aromatic rings. The standard InChI is InChI=1S/C15H15FO3/c1-2-19-15(10-17)8-4-3-5-13(15)12-7-6-11(16)9-14(12)18/h3-10,13,18H,2H2,1H3. The maximum atomic E-state index is 13.0. The first-order valence-electron chi connectivity index (χ1n) is 6.07. The molecule has 100 valence electrons. The van der Waals surface area contributed by atoms with Crippen molar-refractivity contribution in [2.24, 2.45) is 0 Å². The molecule has 0 amide bonds. The van der Waals surface area contributed by atoms with Crippen molar-refractivity contribution >= 4 is 6.29 Å². The van der Waals surface area contributed by atoms with E-state index in [9.17, 15) is 14.3 Å². The van der Waals surface area contributed by atoms with Crippen LogP contribution in [0.15, 0.2) is 42.5 Å². The summed E-state index contributed by atoms with van der Waals surface area (Å²) in [5, 5.41) is 9.87. The minimum atomic E-state index is -1.15. The van der Waals surface area contributed by atoms with E-state index in [2.05, 4.69) is 0 Å². The fraction of sp³-hybridized carbons (Fsp3) is 0.267. The van der Waals surface area contributed by atoms with E-state index in [0.29, 0.717) is 18.5 Å². The Bertz CT molecular complexity index is 536. The van der Waals surface area contributed by atoms with Gasteiger partial charge in [-0.1, -0.05) is 24.3 Å². The van der Waals surface area contributed by atoms with Gasteiger partial charge in [0.2, 0.25) is 0 Å². The molecule has 0 aromatic heterocycles. The van der Waals surface area contributed by atoms with Gasteiger partial charge in [0.15, 0.2) is 11.9 Å². The fourth-order valence-electron chi connectivity index (χ4n) is 2.30. The number of hydrogen-bond donors (Lipinski definition) is 1. The summed E-state index contributed by atoms with van der Waals surface area (Å²) in [5.41, 5.74) is -0.693. The van der Waals surface area contributed by atoms with Crippen molar-refractivity contribution in [3.8, 4) is 5.75 Å². The molecule has 0 fully saturated rings. The van der Waals surface area contributed by atoms with Crippen LogP contribution in [0.25, 0.3) is 0 Å². The quantitative estimate of drug-likeness (QED) is 0.849. The van der Waals surface area contributed by atoms with Crippen molar-refractivity contribution in [1.82, 2.24) is 0 Å². The number of hydrogen-bond acceptors (Lipinski definition) is 3. The van der Waals surface area contributed by atoms with Crippen LogP contribution in [0.1, 0.15) is 18.4 Å². The summed E-state index contributed by atoms with van der Waals surface area (Å²) in [6, 6.07) is 3.75. The van der Waals surface area contributed by atoms with Crippen LogP contribution in [0.4, 0.5) is 4.39 Å². The van der Waals surface area contributed by atoms with Crippen molar-refractivity contribution in [3.63, 3.8) is 0 Å². The molecule has 1 aromatic carbocycles. The molecule has 4 heteroatoms. The largest absolute Gasteiger partial charge is 0.508 e. The monoisotopic (exact) mass is 262 g/mol. The van der Waals surface area contributed by atoms with Crippen LogP contribution in [0.3, 0.4) is 0 Å². The molecule has 2 unspecified atom stereocenters. The second-order valence-electron chi connectivity index (χ2n) is 4.33. The summed E-state index contributed by atoms with van der Waals surface area (Å²) >= 11 is 0. The molecule has 0 saturated heterocycles. The number of phenols is 1. The van der Waals surface area contributed by atoms with E-state index in [0.717, 1.165) is 6.07 Å². The predicted molar refractivity (Wildman–Crippen MR) is 69.5 cm³/mol. The van der Waals surface area contributed by atoms with E-state index < -0.39 is 17.3 Å². The molecule has 1 aliphatic carbocycles. The van der Waals surface area contributed by atoms with Crippen LogP contribution in [0.2, 0.25) is 0 Å². The molecule has 2 rings (SSSR count). The van der Waals surface area contributed by atoms with Gasteiger partial charge in [0, 0.05) is 24.2 Å². The summed E-state index contributed by atoms with van der Waals surface area (Å²) < 4.78 is 18.6. The zero-order valence-electron chi connectivity index (χ0n) is 10.5. The smallest absolute Gasteiger partial charge is 0.156 e. The zero-order chi connectivity index (χ0) is 13.9. The number of carbonyl (C=O) groups excluding carboxylic acids is 1. The second kappa shape index (κ2) is 5.36. The molecule has 2 atom stereocenters. The maximum Gasteiger partial charge on any atom is 0.156 e. The number of aldehydes is 1. The van der Waals surface area contributed by atoms with Crippen LogP contribution >= 0.6 is 0 Å². The average molecular weight is 262 g/mol. The van der Waals surface area contributed by atoms with E-state index in [1.165, 1.54) is 12.1 Å². The third-order valence-electron chi connectivity index (χ3n) is 3.16. The van der Waals surface area contributed by atoms with Crippen LogP contribution in [-0.2, 0) is 9.53 Å². The lowest BCUT2D eigenvalue weighted by atomic mass is 9.79. The molecule has 0 aliphatic heterocycles. The van der Waals surface area contributed by atoms with Crippen molar-refractivity contribution < 1.29 is 19.0 Å². The van der Waals surface area contributed by atoms with E-state index in [1.807, 2.05) is 0 Å². The average Bonchev–Trinajstić information content (AvgIpc) is 2.40. The van der Waals surface area contributed by atoms with Gasteiger partial charge in [-0.05, 0) is 19.1 Å². The highest BCUT2D eigenvalue weighted by Gasteiger charge is 2.39. The Morgan fingerprint density at radius 1 is 1.47 bits per heavy atom. The van der Waals surface area contributed by atoms with Crippen molar-refractivity contribution in [1.29, 1.82) is 0 Å². The highest BCUT2D eigenvalue weighted by atomic mass is 19.1. The van der Waals surface area contributed by atoms with E-state index >= 15 is 0 Å². The van der Waals surface area contributed by atoms with Gasteiger partial charge in [-0.25, -0.2) is 4.39 Å². The number of ether oxygens (including phenoxy) is 1. The molecular formula is C15H15FO3. The van der Waals surface area contributed by atoms with Crippen molar-refractivity contribution in [2.45, 2.75) is 18.4 Å². The lowest BCUT2D eigenvalue weighted by Crippen LogP contribution is -2.39. The third kappa shape index (κ3) is 2.44. The Morgan fingerprint density at radius 2 is 2.26 bits per heavy atom. The molecule has 1 aliphatic rings. The van der Waals surface area contributed by atoms with Gasteiger partial charge in [-0.3, -0.25) is 4.79 Å². The molecule has 0 spiro atoms. The fourth-order valence-corrected chi connectivity index (χ4v) is 2.30. The second-order valence-corrected chi connectivity index (χ2v) is 4.33. The highest BCUT2D eigenvalue weighted by molar-refractivity contribution is 5.71. The first-order valence-corrected chi connectivity index (χ1v) is 6.07. The number of carbonyl (C=O) groups is 1. The van der Waals surface area contributed by atoms with Gasteiger partial charge < -0.3 is 9.84 Å². The molecule has 0 saturated carbocycles. The molecule has 0 bridgehead atoms. The van der Waals surface area contributed by atoms with Gasteiger partial charge >= 0.3 is 0 Å². The zero-order valence-corrected chi connectivity index (χ0v) is 10.5. The van der Waals surface area contributed by atoms with Gasteiger partial charge in [-0.2, -0.15) is 0 Å². The normalized spacial score (nSPS) is 25.5. The first kappa shape index (κ1) is 13.5. The Hall–Kier alpha value is -1.94. The van der Waals surface area contributed by atoms with Crippen LogP contribution in [0.5, 0.6) is 5.75 Å². The number of halogens is 1. The predicted octanol–water partition coefficient (Wildman–Crippen LogP) is 2.72. The molecule has 19 heavy (non-hydrogen) atoms. The van der Waals surface area contributed by atoms with Crippen LogP contribution < -0.4 is 0 Å². The third-order valence-corrected chi connectivity index (χ3v) is 3.16. The van der Waals surface area contributed by atoms with E-state index in [1.54, 1.807) is 31.2 Å². The highest BCUT2D eigenvalue weighted by Crippen LogP contribution is 2.39. The summed E-state index contributed by atoms with van der Waals surface area (Å²) in [6.07, 6.45) is 7.62. The number of aromatic hydroxyl groups is 1. The topological polar surface area (TPSA) is 46.5 Å². The van der Waals surface area contributed by atoms with Crippen molar-refractivity contribution in [3.05, 3.63) is 53.9 Å². The lowest BCUT2D eigenvalue weighted by molar-refractivity contribution is -0.126. The molecule has 1 N–H and O–H groups in total. The van der Waals surface area contributed by atoms with Crippen LogP contribution in [-0.4, -0.2) is 23.6 Å². The number of benzene rings is 1. The Balaban J connectivity index is 2.48. The van der Waals surface area contributed by atoms with Gasteiger partial charge in [-0.15, -0.1) is 0 Å². The van der Waals surface area contributed by atoms with Gasteiger partial charge in [0.05, 0.1) is 0 Å². The summed E-state index contributed by atoms with van der Waals surface area (Å²) in [4.78, 5) is 11.5. The Labute approximate surface area is 111 Å². The first-order chi connectivity index (χ1) is 9.13. The lowest BCUT2D eigenvalue weighted by Gasteiger charge is -2.34. The number of rotatable bonds is 4. The summed E-state index contributed by atoms with van der Waals surface area (Å²) in [6.45, 7) is 2.15. The van der Waals surface area contributed by atoms with Gasteiger partial charge in [0.1, 0.15) is 11.6 Å². The maximum absolute atomic E-state index is 13.0. The minimum absolute atomic E-state index is 0.184. The Kier molecular flexibility index (Phi) is 3.81. The molecule has 3 nitrogen and oxygen atoms in total. The SMILES string of the molecule is CCOC1(C=O)C=CC=CC1c1ccc(F)cc1O. The summed E-state index contributed by atoms with van der Waals surface area (Å²) in [5.74, 6) is -1.18. The van der Waals surface area contributed by atoms with Crippen LogP contribution in [0, 0.1) is 5.82 Å². The molecular weight excluding hydrogens is 247 g/mol. The van der Waals surface area contributed by atoms with E-state index in [4.69, 9.17) is 4.74 Å². The van der Waals surface area contributed by atoms with Crippen molar-refractivity contribution in [2.75, 3.05) is 6.61 Å². The summed E-state index contributed by atoms with van der Waals surface area (Å²) in [7, 11) is 0. The molecule has 0 heterocycles. The minimum Gasteiger partial charge on any atom is -0.508 e. The van der Waals surface area contributed by atoms with Gasteiger partial charge in [0.25, 0.3) is 0 Å².